The molecule has 4 nitrogen and oxygen atoms in total. The van der Waals surface area contributed by atoms with E-state index in [1.54, 1.807) is 0 Å². The molecule has 1 aliphatic heterocycles. The molecule has 1 fully saturated rings. The lowest BCUT2D eigenvalue weighted by Crippen LogP contribution is -2.37. The van der Waals surface area contributed by atoms with Crippen molar-refractivity contribution in [3.05, 3.63) is 0 Å². The van der Waals surface area contributed by atoms with E-state index in [2.05, 4.69) is 26.1 Å². The second-order valence-corrected chi connectivity index (χ2v) is 4.71. The minimum absolute atomic E-state index is 0.218. The predicted octanol–water partition coefficient (Wildman–Crippen LogP) is 1.22. The Morgan fingerprint density at radius 2 is 2.31 bits per heavy atom. The van der Waals surface area contributed by atoms with Gasteiger partial charge in [0.25, 0.3) is 0 Å². The van der Waals surface area contributed by atoms with Crippen molar-refractivity contribution in [2.24, 2.45) is 5.92 Å². The van der Waals surface area contributed by atoms with Gasteiger partial charge in [0.2, 0.25) is 5.91 Å². The van der Waals surface area contributed by atoms with Crippen LogP contribution >= 0.6 is 0 Å². The van der Waals surface area contributed by atoms with Crippen molar-refractivity contribution < 1.29 is 9.53 Å². The summed E-state index contributed by atoms with van der Waals surface area (Å²) in [5.74, 6) is 0.800. The maximum Gasteiger partial charge on any atom is 0.237 e. The van der Waals surface area contributed by atoms with E-state index in [0.717, 1.165) is 32.6 Å². The number of amides is 1. The minimum atomic E-state index is 0.218. The van der Waals surface area contributed by atoms with E-state index >= 15 is 0 Å². The molecule has 1 unspecified atom stereocenters. The van der Waals surface area contributed by atoms with Gasteiger partial charge in [-0.15, -0.1) is 0 Å². The van der Waals surface area contributed by atoms with Gasteiger partial charge in [0.1, 0.15) is 0 Å². The average molecular weight is 228 g/mol. The van der Waals surface area contributed by atoms with Crippen LogP contribution in [-0.4, -0.2) is 43.3 Å². The van der Waals surface area contributed by atoms with E-state index in [1.165, 1.54) is 0 Å². The summed E-state index contributed by atoms with van der Waals surface area (Å²) in [5, 5.41) is 3.20. The maximum absolute atomic E-state index is 11.5. The van der Waals surface area contributed by atoms with E-state index < -0.39 is 0 Å². The summed E-state index contributed by atoms with van der Waals surface area (Å²) >= 11 is 0. The fraction of sp³-hybridized carbons (Fsp3) is 0.917. The van der Waals surface area contributed by atoms with Crippen LogP contribution in [0.5, 0.6) is 0 Å². The molecule has 4 heteroatoms. The second-order valence-electron chi connectivity index (χ2n) is 4.71. The van der Waals surface area contributed by atoms with Crippen LogP contribution in [0.2, 0.25) is 0 Å². The standard InChI is InChI=1S/C12H24N2O2/c1-4-11-13-8-12(15)14(11)6-5-7-16-9-10(2)3/h10-11,13H,4-9H2,1-3H3. The van der Waals surface area contributed by atoms with Crippen molar-refractivity contribution in [1.29, 1.82) is 0 Å². The molecular weight excluding hydrogens is 204 g/mol. The molecule has 1 atom stereocenters. The number of hydrogen-bond donors (Lipinski definition) is 1. The lowest BCUT2D eigenvalue weighted by atomic mass is 10.2. The molecule has 0 aliphatic carbocycles. The molecule has 0 radical (unpaired) electrons. The van der Waals surface area contributed by atoms with Crippen molar-refractivity contribution in [1.82, 2.24) is 10.2 Å². The first kappa shape index (κ1) is 13.5. The van der Waals surface area contributed by atoms with Gasteiger partial charge in [-0.1, -0.05) is 20.8 Å². The van der Waals surface area contributed by atoms with Crippen LogP contribution in [0.1, 0.15) is 33.6 Å². The highest BCUT2D eigenvalue weighted by Gasteiger charge is 2.27. The van der Waals surface area contributed by atoms with Crippen molar-refractivity contribution >= 4 is 5.91 Å². The van der Waals surface area contributed by atoms with E-state index in [-0.39, 0.29) is 12.1 Å². The molecule has 0 aromatic heterocycles. The summed E-state index contributed by atoms with van der Waals surface area (Å²) in [4.78, 5) is 13.5. The fourth-order valence-corrected chi connectivity index (χ4v) is 1.89. The third-order valence-electron chi connectivity index (χ3n) is 2.71. The van der Waals surface area contributed by atoms with Crippen LogP contribution < -0.4 is 5.32 Å². The summed E-state index contributed by atoms with van der Waals surface area (Å²) in [5.41, 5.74) is 0. The van der Waals surface area contributed by atoms with Gasteiger partial charge in [-0.25, -0.2) is 0 Å². The quantitative estimate of drug-likeness (QED) is 0.666. The van der Waals surface area contributed by atoms with Crippen molar-refractivity contribution in [2.75, 3.05) is 26.3 Å². The van der Waals surface area contributed by atoms with E-state index in [0.29, 0.717) is 12.5 Å². The van der Waals surface area contributed by atoms with Gasteiger partial charge < -0.3 is 9.64 Å². The third-order valence-corrected chi connectivity index (χ3v) is 2.71. The Labute approximate surface area is 98.3 Å². The van der Waals surface area contributed by atoms with Crippen molar-refractivity contribution in [2.45, 2.75) is 39.8 Å². The van der Waals surface area contributed by atoms with Gasteiger partial charge in [0.05, 0.1) is 12.7 Å². The van der Waals surface area contributed by atoms with Crippen LogP contribution in [-0.2, 0) is 9.53 Å². The highest BCUT2D eigenvalue weighted by Crippen LogP contribution is 2.08. The van der Waals surface area contributed by atoms with Gasteiger partial charge in [-0.3, -0.25) is 10.1 Å². The molecule has 1 N–H and O–H groups in total. The number of nitrogens with zero attached hydrogens (tertiary/aromatic N) is 1. The Kier molecular flexibility index (Phi) is 5.77. The van der Waals surface area contributed by atoms with E-state index in [9.17, 15) is 4.79 Å². The molecule has 0 aromatic carbocycles. The van der Waals surface area contributed by atoms with E-state index in [1.807, 2.05) is 4.90 Å². The monoisotopic (exact) mass is 228 g/mol. The third kappa shape index (κ3) is 4.10. The summed E-state index contributed by atoms with van der Waals surface area (Å²) in [6.45, 7) is 9.23. The van der Waals surface area contributed by atoms with Gasteiger partial charge in [-0.2, -0.15) is 0 Å². The molecule has 0 aromatic rings. The molecule has 16 heavy (non-hydrogen) atoms. The summed E-state index contributed by atoms with van der Waals surface area (Å²) in [6, 6.07) is 0. The van der Waals surface area contributed by atoms with Crippen molar-refractivity contribution in [3.63, 3.8) is 0 Å². The van der Waals surface area contributed by atoms with Gasteiger partial charge in [0.15, 0.2) is 0 Å². The largest absolute Gasteiger partial charge is 0.381 e. The molecule has 1 saturated heterocycles. The van der Waals surface area contributed by atoms with Crippen LogP contribution in [0, 0.1) is 5.92 Å². The van der Waals surface area contributed by atoms with Crippen LogP contribution in [0.3, 0.4) is 0 Å². The zero-order valence-electron chi connectivity index (χ0n) is 10.7. The zero-order chi connectivity index (χ0) is 12.0. The van der Waals surface area contributed by atoms with Crippen LogP contribution in [0.4, 0.5) is 0 Å². The SMILES string of the molecule is CCC1NCC(=O)N1CCCOCC(C)C. The van der Waals surface area contributed by atoms with Gasteiger partial charge >= 0.3 is 0 Å². The Balaban J connectivity index is 2.13. The first-order valence-corrected chi connectivity index (χ1v) is 6.25. The highest BCUT2D eigenvalue weighted by molar-refractivity contribution is 5.80. The molecule has 1 heterocycles. The number of carbonyl (C=O) groups excluding carboxylic acids is 1. The molecule has 0 bridgehead atoms. The number of carbonyl (C=O) groups is 1. The normalized spacial score (nSPS) is 21.1. The highest BCUT2D eigenvalue weighted by atomic mass is 16.5. The molecule has 94 valence electrons. The zero-order valence-corrected chi connectivity index (χ0v) is 10.7. The summed E-state index contributed by atoms with van der Waals surface area (Å²) in [7, 11) is 0. The Bertz CT molecular complexity index is 219. The summed E-state index contributed by atoms with van der Waals surface area (Å²) in [6.07, 6.45) is 2.13. The molecule has 1 rings (SSSR count). The van der Waals surface area contributed by atoms with E-state index in [4.69, 9.17) is 4.74 Å². The fourth-order valence-electron chi connectivity index (χ4n) is 1.89. The molecule has 0 spiro atoms. The number of nitrogens with one attached hydrogen (secondary N) is 1. The molecule has 1 amide bonds. The average Bonchev–Trinajstić information content (AvgIpc) is 2.59. The number of rotatable bonds is 7. The first-order valence-electron chi connectivity index (χ1n) is 6.25. The topological polar surface area (TPSA) is 41.6 Å². The van der Waals surface area contributed by atoms with Crippen LogP contribution in [0.25, 0.3) is 0 Å². The van der Waals surface area contributed by atoms with Gasteiger partial charge in [-0.05, 0) is 18.8 Å². The van der Waals surface area contributed by atoms with Gasteiger partial charge in [0, 0.05) is 19.8 Å². The second kappa shape index (κ2) is 6.86. The van der Waals surface area contributed by atoms with Crippen LogP contribution in [0.15, 0.2) is 0 Å². The lowest BCUT2D eigenvalue weighted by molar-refractivity contribution is -0.128. The van der Waals surface area contributed by atoms with Crippen molar-refractivity contribution in [3.8, 4) is 0 Å². The summed E-state index contributed by atoms with van der Waals surface area (Å²) < 4.78 is 5.50. The Hall–Kier alpha value is -0.610. The first-order chi connectivity index (χ1) is 7.65. The molecule has 1 aliphatic rings. The maximum atomic E-state index is 11.5. The molecule has 0 saturated carbocycles. The number of hydrogen-bond acceptors (Lipinski definition) is 3. The Morgan fingerprint density at radius 1 is 1.56 bits per heavy atom. The smallest absolute Gasteiger partial charge is 0.237 e. The lowest BCUT2D eigenvalue weighted by Gasteiger charge is -2.23. The molecular formula is C12H24N2O2. The predicted molar refractivity (Wildman–Crippen MR) is 64.1 cm³/mol. The minimum Gasteiger partial charge on any atom is -0.381 e. The number of ether oxygens (including phenoxy) is 1. The Morgan fingerprint density at radius 3 is 2.94 bits per heavy atom.